The van der Waals surface area contributed by atoms with Crippen LogP contribution in [0.25, 0.3) is 0 Å². The summed E-state index contributed by atoms with van der Waals surface area (Å²) in [5.41, 5.74) is 0. The van der Waals surface area contributed by atoms with Crippen molar-refractivity contribution in [1.82, 2.24) is 10.6 Å². The monoisotopic (exact) mass is 272 g/mol. The molecule has 19 heavy (non-hydrogen) atoms. The van der Waals surface area contributed by atoms with Crippen molar-refractivity contribution in [3.8, 4) is 0 Å². The fourth-order valence-corrected chi connectivity index (χ4v) is 1.89. The molecule has 2 amide bonds. The molecule has 0 heterocycles. The van der Waals surface area contributed by atoms with Crippen LogP contribution < -0.4 is 10.6 Å². The van der Waals surface area contributed by atoms with Gasteiger partial charge in [-0.05, 0) is 18.3 Å². The van der Waals surface area contributed by atoms with Crippen LogP contribution in [0.5, 0.6) is 0 Å². The molecule has 0 radical (unpaired) electrons. The summed E-state index contributed by atoms with van der Waals surface area (Å²) in [5, 5.41) is 14.3. The minimum Gasteiger partial charge on any atom is -0.480 e. The van der Waals surface area contributed by atoms with Gasteiger partial charge in [0.05, 0.1) is 0 Å². The Labute approximate surface area is 116 Å². The first-order chi connectivity index (χ1) is 8.92. The maximum Gasteiger partial charge on any atom is 0.326 e. The summed E-state index contributed by atoms with van der Waals surface area (Å²) in [5.74, 6) is -0.665. The van der Waals surface area contributed by atoms with E-state index < -0.39 is 18.0 Å². The zero-order valence-electron chi connectivity index (χ0n) is 12.5. The van der Waals surface area contributed by atoms with Crippen LogP contribution in [-0.4, -0.2) is 29.7 Å². The van der Waals surface area contributed by atoms with E-state index in [2.05, 4.69) is 24.5 Å². The minimum absolute atomic E-state index is 0.134. The van der Waals surface area contributed by atoms with Crippen molar-refractivity contribution in [3.05, 3.63) is 0 Å². The van der Waals surface area contributed by atoms with Gasteiger partial charge >= 0.3 is 12.0 Å². The number of carboxylic acids is 1. The fraction of sp³-hybridized carbons (Fsp3) is 0.857. The number of amides is 2. The van der Waals surface area contributed by atoms with Gasteiger partial charge in [-0.25, -0.2) is 9.59 Å². The summed E-state index contributed by atoms with van der Waals surface area (Å²) in [7, 11) is 0. The Hall–Kier alpha value is -1.26. The average molecular weight is 272 g/mol. The third-order valence-electron chi connectivity index (χ3n) is 3.31. The van der Waals surface area contributed by atoms with Crippen molar-refractivity contribution in [3.63, 3.8) is 0 Å². The van der Waals surface area contributed by atoms with Gasteiger partial charge in [0.2, 0.25) is 0 Å². The van der Waals surface area contributed by atoms with E-state index in [4.69, 9.17) is 5.11 Å². The lowest BCUT2D eigenvalue weighted by molar-refractivity contribution is -0.140. The lowest BCUT2D eigenvalue weighted by Gasteiger charge is -2.20. The molecule has 0 saturated heterocycles. The van der Waals surface area contributed by atoms with Crippen molar-refractivity contribution in [1.29, 1.82) is 0 Å². The number of urea groups is 1. The lowest BCUT2D eigenvalue weighted by atomic mass is 9.99. The average Bonchev–Trinajstić information content (AvgIpc) is 2.35. The number of carboxylic acid groups (broad SMARTS) is 1. The first kappa shape index (κ1) is 17.7. The predicted octanol–water partition coefficient (Wildman–Crippen LogP) is 2.61. The number of rotatable bonds is 9. The van der Waals surface area contributed by atoms with Crippen LogP contribution in [0.1, 0.15) is 53.4 Å². The third kappa shape index (κ3) is 7.70. The molecule has 2 atom stereocenters. The van der Waals surface area contributed by atoms with Gasteiger partial charge in [-0.2, -0.15) is 0 Å². The molecule has 3 N–H and O–H groups in total. The van der Waals surface area contributed by atoms with E-state index in [0.29, 0.717) is 12.5 Å². The molecule has 0 aliphatic carbocycles. The Kier molecular flexibility index (Phi) is 9.00. The highest BCUT2D eigenvalue weighted by molar-refractivity contribution is 5.82. The van der Waals surface area contributed by atoms with Crippen LogP contribution in [0.4, 0.5) is 4.79 Å². The second kappa shape index (κ2) is 9.64. The smallest absolute Gasteiger partial charge is 0.326 e. The maximum absolute atomic E-state index is 11.7. The number of nitrogens with one attached hydrogen (secondary N) is 2. The molecular formula is C14H28N2O3. The highest BCUT2D eigenvalue weighted by Crippen LogP contribution is 2.11. The van der Waals surface area contributed by atoms with E-state index >= 15 is 0 Å². The van der Waals surface area contributed by atoms with Crippen molar-refractivity contribution < 1.29 is 14.7 Å². The van der Waals surface area contributed by atoms with Gasteiger partial charge in [0.25, 0.3) is 0 Å². The number of hydrogen-bond acceptors (Lipinski definition) is 2. The first-order valence-corrected chi connectivity index (χ1v) is 7.19. The van der Waals surface area contributed by atoms with Gasteiger partial charge < -0.3 is 15.7 Å². The highest BCUT2D eigenvalue weighted by atomic mass is 16.4. The Balaban J connectivity index is 4.11. The molecule has 0 aliphatic rings. The van der Waals surface area contributed by atoms with Crippen LogP contribution in [0.3, 0.4) is 0 Å². The Morgan fingerprint density at radius 3 is 2.26 bits per heavy atom. The van der Waals surface area contributed by atoms with E-state index in [-0.39, 0.29) is 5.92 Å². The van der Waals surface area contributed by atoms with Crippen LogP contribution in [0.2, 0.25) is 0 Å². The fourth-order valence-electron chi connectivity index (χ4n) is 1.89. The van der Waals surface area contributed by atoms with Crippen molar-refractivity contribution in [2.24, 2.45) is 11.8 Å². The molecule has 0 rings (SSSR count). The van der Waals surface area contributed by atoms with Crippen LogP contribution in [0.15, 0.2) is 0 Å². The van der Waals surface area contributed by atoms with Crippen LogP contribution >= 0.6 is 0 Å². The van der Waals surface area contributed by atoms with Crippen LogP contribution in [0, 0.1) is 11.8 Å². The van der Waals surface area contributed by atoms with E-state index in [1.54, 1.807) is 13.8 Å². The summed E-state index contributed by atoms with van der Waals surface area (Å²) in [6.07, 6.45) is 4.43. The highest BCUT2D eigenvalue weighted by Gasteiger charge is 2.23. The second-order valence-electron chi connectivity index (χ2n) is 5.33. The molecule has 0 aromatic heterocycles. The molecule has 5 heteroatoms. The molecular weight excluding hydrogens is 244 g/mol. The molecule has 0 unspecified atom stereocenters. The van der Waals surface area contributed by atoms with Gasteiger partial charge in [0.15, 0.2) is 0 Å². The number of aliphatic carboxylic acids is 1. The quantitative estimate of drug-likeness (QED) is 0.603. The molecule has 0 spiro atoms. The normalized spacial score (nSPS) is 13.9. The minimum atomic E-state index is -0.997. The van der Waals surface area contributed by atoms with Crippen LogP contribution in [-0.2, 0) is 4.79 Å². The molecule has 0 aliphatic heterocycles. The maximum atomic E-state index is 11.7. The van der Waals surface area contributed by atoms with Crippen molar-refractivity contribution in [2.75, 3.05) is 6.54 Å². The SMILES string of the molecule is CCCC[C@@H](CC)CNC(=O)N[C@H](C(=O)O)C(C)C. The standard InChI is InChI=1S/C14H28N2O3/c1-5-7-8-11(6-2)9-15-14(19)16-12(10(3)4)13(17)18/h10-12H,5-9H2,1-4H3,(H,17,18)(H2,15,16,19)/t11-,12+/m1/s1. The van der Waals surface area contributed by atoms with E-state index in [1.165, 1.54) is 0 Å². The van der Waals surface area contributed by atoms with Gasteiger partial charge in [0, 0.05) is 6.54 Å². The van der Waals surface area contributed by atoms with Gasteiger partial charge in [0.1, 0.15) is 6.04 Å². The molecule has 0 aromatic carbocycles. The summed E-state index contributed by atoms with van der Waals surface area (Å²) in [4.78, 5) is 22.6. The van der Waals surface area contributed by atoms with Gasteiger partial charge in [-0.1, -0.05) is 47.0 Å². The topological polar surface area (TPSA) is 78.4 Å². The molecule has 0 aromatic rings. The lowest BCUT2D eigenvalue weighted by Crippen LogP contribution is -2.49. The number of carbonyl (C=O) groups excluding carboxylic acids is 1. The van der Waals surface area contributed by atoms with Crippen molar-refractivity contribution >= 4 is 12.0 Å². The molecule has 0 saturated carbocycles. The van der Waals surface area contributed by atoms with Crippen molar-refractivity contribution in [2.45, 2.75) is 59.4 Å². The molecule has 0 bridgehead atoms. The van der Waals surface area contributed by atoms with Gasteiger partial charge in [-0.15, -0.1) is 0 Å². The second-order valence-corrected chi connectivity index (χ2v) is 5.33. The first-order valence-electron chi connectivity index (χ1n) is 7.19. The van der Waals surface area contributed by atoms with E-state index in [1.807, 2.05) is 0 Å². The molecule has 0 fully saturated rings. The summed E-state index contributed by atoms with van der Waals surface area (Å²) >= 11 is 0. The zero-order valence-corrected chi connectivity index (χ0v) is 12.5. The Morgan fingerprint density at radius 1 is 1.21 bits per heavy atom. The summed E-state index contributed by atoms with van der Waals surface area (Å²) in [6.45, 7) is 8.40. The molecule has 112 valence electrons. The number of carbonyl (C=O) groups is 2. The molecule has 5 nitrogen and oxygen atoms in total. The largest absolute Gasteiger partial charge is 0.480 e. The van der Waals surface area contributed by atoms with Gasteiger partial charge in [-0.3, -0.25) is 0 Å². The third-order valence-corrected chi connectivity index (χ3v) is 3.31. The van der Waals surface area contributed by atoms with E-state index in [0.717, 1.165) is 25.7 Å². The number of hydrogen-bond donors (Lipinski definition) is 3. The van der Waals surface area contributed by atoms with E-state index in [9.17, 15) is 9.59 Å². The Bertz CT molecular complexity index is 280. The summed E-state index contributed by atoms with van der Waals surface area (Å²) < 4.78 is 0. The summed E-state index contributed by atoms with van der Waals surface area (Å²) in [6, 6.07) is -1.23. The predicted molar refractivity (Wildman–Crippen MR) is 76.1 cm³/mol. The Morgan fingerprint density at radius 2 is 1.84 bits per heavy atom. The number of unbranched alkanes of at least 4 members (excludes halogenated alkanes) is 1. The zero-order chi connectivity index (χ0) is 14.8.